The number of carbonyl (C=O) groups is 1. The largest absolute Gasteiger partial charge is 0.490 e. The lowest BCUT2D eigenvalue weighted by atomic mass is 10.2. The van der Waals surface area contributed by atoms with Crippen molar-refractivity contribution in [2.75, 3.05) is 39.5 Å². The molecule has 31 heavy (non-hydrogen) atoms. The standard InChI is InChI=1S/C23H27NO6S/c1-2-19-4-3-5-21(18-19)29-16-17-30-23(25)11-8-20-6-9-22(10-7-20)31(26,27)24-12-14-28-15-13-24/h3-11,18H,2,12-17H2,1H3/b11-8+. The van der Waals surface area contributed by atoms with Crippen LogP contribution < -0.4 is 4.74 Å². The van der Waals surface area contributed by atoms with Crippen molar-refractivity contribution in [3.05, 3.63) is 65.7 Å². The van der Waals surface area contributed by atoms with Gasteiger partial charge in [0.2, 0.25) is 10.0 Å². The van der Waals surface area contributed by atoms with Gasteiger partial charge in [0.25, 0.3) is 0 Å². The summed E-state index contributed by atoms with van der Waals surface area (Å²) >= 11 is 0. The first-order valence-corrected chi connectivity index (χ1v) is 11.7. The number of benzene rings is 2. The molecule has 0 amide bonds. The Morgan fingerprint density at radius 2 is 1.84 bits per heavy atom. The molecule has 1 saturated heterocycles. The highest BCUT2D eigenvalue weighted by Crippen LogP contribution is 2.18. The van der Waals surface area contributed by atoms with E-state index in [1.54, 1.807) is 18.2 Å². The zero-order valence-electron chi connectivity index (χ0n) is 17.5. The number of hydrogen-bond acceptors (Lipinski definition) is 6. The van der Waals surface area contributed by atoms with E-state index in [1.807, 2.05) is 24.3 Å². The number of nitrogens with zero attached hydrogens (tertiary/aromatic N) is 1. The highest BCUT2D eigenvalue weighted by molar-refractivity contribution is 7.89. The van der Waals surface area contributed by atoms with Gasteiger partial charge in [-0.25, -0.2) is 13.2 Å². The van der Waals surface area contributed by atoms with Gasteiger partial charge < -0.3 is 14.2 Å². The Morgan fingerprint density at radius 1 is 1.10 bits per heavy atom. The van der Waals surface area contributed by atoms with Gasteiger partial charge in [-0.15, -0.1) is 0 Å². The molecule has 1 aliphatic heterocycles. The van der Waals surface area contributed by atoms with Crippen LogP contribution in [0.5, 0.6) is 5.75 Å². The molecule has 0 saturated carbocycles. The van der Waals surface area contributed by atoms with Crippen LogP contribution in [0.25, 0.3) is 6.08 Å². The van der Waals surface area contributed by atoms with Crippen molar-refractivity contribution in [2.24, 2.45) is 0 Å². The maximum Gasteiger partial charge on any atom is 0.330 e. The number of ether oxygens (including phenoxy) is 3. The van der Waals surface area contributed by atoms with Crippen LogP contribution in [0.1, 0.15) is 18.1 Å². The zero-order chi connectivity index (χ0) is 22.1. The van der Waals surface area contributed by atoms with E-state index in [1.165, 1.54) is 28.1 Å². The second-order valence-corrected chi connectivity index (χ2v) is 8.87. The molecule has 2 aromatic rings. The molecule has 2 aromatic carbocycles. The van der Waals surface area contributed by atoms with Gasteiger partial charge in [0.1, 0.15) is 19.0 Å². The molecule has 0 N–H and O–H groups in total. The molecule has 0 radical (unpaired) electrons. The predicted octanol–water partition coefficient (Wildman–Crippen LogP) is 2.91. The molecule has 0 aromatic heterocycles. The highest BCUT2D eigenvalue weighted by Gasteiger charge is 2.25. The normalized spacial score (nSPS) is 15.1. The van der Waals surface area contributed by atoms with E-state index in [-0.39, 0.29) is 18.1 Å². The number of rotatable bonds is 9. The van der Waals surface area contributed by atoms with Gasteiger partial charge in [-0.05, 0) is 47.9 Å². The van der Waals surface area contributed by atoms with Crippen LogP contribution in [0, 0.1) is 0 Å². The van der Waals surface area contributed by atoms with Crippen molar-refractivity contribution in [1.29, 1.82) is 0 Å². The summed E-state index contributed by atoms with van der Waals surface area (Å²) in [6, 6.07) is 14.2. The molecule has 0 spiro atoms. The van der Waals surface area contributed by atoms with E-state index in [4.69, 9.17) is 14.2 Å². The number of sulfonamides is 1. The van der Waals surface area contributed by atoms with Crippen LogP contribution in [0.4, 0.5) is 0 Å². The molecular formula is C23H27NO6S. The molecule has 1 fully saturated rings. The minimum absolute atomic E-state index is 0.135. The summed E-state index contributed by atoms with van der Waals surface area (Å²) in [6.07, 6.45) is 3.82. The molecule has 0 aliphatic carbocycles. The molecule has 166 valence electrons. The van der Waals surface area contributed by atoms with Crippen molar-refractivity contribution in [3.63, 3.8) is 0 Å². The molecule has 0 atom stereocenters. The van der Waals surface area contributed by atoms with E-state index in [2.05, 4.69) is 6.92 Å². The SMILES string of the molecule is CCc1cccc(OCCOC(=O)/C=C/c2ccc(S(=O)(=O)N3CCOCC3)cc2)c1. The highest BCUT2D eigenvalue weighted by atomic mass is 32.2. The van der Waals surface area contributed by atoms with Gasteiger partial charge in [-0.2, -0.15) is 4.31 Å². The molecule has 1 aliphatic rings. The van der Waals surface area contributed by atoms with Gasteiger partial charge in [0.15, 0.2) is 0 Å². The van der Waals surface area contributed by atoms with Crippen molar-refractivity contribution in [1.82, 2.24) is 4.31 Å². The zero-order valence-corrected chi connectivity index (χ0v) is 18.3. The molecule has 7 nitrogen and oxygen atoms in total. The number of aryl methyl sites for hydroxylation is 1. The maximum absolute atomic E-state index is 12.6. The van der Waals surface area contributed by atoms with E-state index in [0.717, 1.165) is 12.2 Å². The number of esters is 1. The smallest absolute Gasteiger partial charge is 0.330 e. The van der Waals surface area contributed by atoms with Gasteiger partial charge >= 0.3 is 5.97 Å². The number of carbonyl (C=O) groups excluding carboxylic acids is 1. The van der Waals surface area contributed by atoms with E-state index >= 15 is 0 Å². The third-order valence-electron chi connectivity index (χ3n) is 4.80. The van der Waals surface area contributed by atoms with Crippen LogP contribution in [0.2, 0.25) is 0 Å². The Morgan fingerprint density at radius 3 is 2.55 bits per heavy atom. The van der Waals surface area contributed by atoms with Gasteiger partial charge in [-0.1, -0.05) is 31.2 Å². The lowest BCUT2D eigenvalue weighted by Crippen LogP contribution is -2.40. The second-order valence-electron chi connectivity index (χ2n) is 6.94. The van der Waals surface area contributed by atoms with Crippen molar-refractivity contribution >= 4 is 22.1 Å². The average Bonchev–Trinajstić information content (AvgIpc) is 2.81. The topological polar surface area (TPSA) is 82.1 Å². The number of morpholine rings is 1. The number of hydrogen-bond donors (Lipinski definition) is 0. The first kappa shape index (κ1) is 23.0. The molecular weight excluding hydrogens is 418 g/mol. The fourth-order valence-corrected chi connectivity index (χ4v) is 4.46. The summed E-state index contributed by atoms with van der Waals surface area (Å²) in [4.78, 5) is 12.1. The fourth-order valence-electron chi connectivity index (χ4n) is 3.06. The molecule has 0 bridgehead atoms. The van der Waals surface area contributed by atoms with E-state index < -0.39 is 16.0 Å². The summed E-state index contributed by atoms with van der Waals surface area (Å²) in [5, 5.41) is 0. The van der Waals surface area contributed by atoms with Gasteiger partial charge in [0, 0.05) is 19.2 Å². The fraction of sp³-hybridized carbons (Fsp3) is 0.348. The molecule has 0 unspecified atom stereocenters. The first-order valence-electron chi connectivity index (χ1n) is 10.2. The predicted molar refractivity (Wildman–Crippen MR) is 117 cm³/mol. The maximum atomic E-state index is 12.6. The minimum Gasteiger partial charge on any atom is -0.490 e. The lowest BCUT2D eigenvalue weighted by Gasteiger charge is -2.26. The Hall–Kier alpha value is -2.68. The van der Waals surface area contributed by atoms with Crippen molar-refractivity contribution in [3.8, 4) is 5.75 Å². The summed E-state index contributed by atoms with van der Waals surface area (Å²) in [5.74, 6) is 0.258. The molecule has 8 heteroatoms. The summed E-state index contributed by atoms with van der Waals surface area (Å²) in [7, 11) is -3.53. The van der Waals surface area contributed by atoms with Crippen LogP contribution in [-0.2, 0) is 30.7 Å². The third kappa shape index (κ3) is 6.65. The van der Waals surface area contributed by atoms with Crippen LogP contribution >= 0.6 is 0 Å². The first-order chi connectivity index (χ1) is 15.0. The Labute approximate surface area is 183 Å². The Bertz CT molecular complexity index is 995. The minimum atomic E-state index is -3.53. The van der Waals surface area contributed by atoms with Crippen molar-refractivity contribution < 1.29 is 27.4 Å². The van der Waals surface area contributed by atoms with Crippen LogP contribution in [0.15, 0.2) is 59.5 Å². The van der Waals surface area contributed by atoms with Crippen LogP contribution in [-0.4, -0.2) is 58.2 Å². The summed E-state index contributed by atoms with van der Waals surface area (Å²) < 4.78 is 42.6. The summed E-state index contributed by atoms with van der Waals surface area (Å²) in [5.41, 5.74) is 1.88. The molecule has 1 heterocycles. The Kier molecular flexibility index (Phi) is 8.22. The van der Waals surface area contributed by atoms with Gasteiger partial charge in [0.05, 0.1) is 18.1 Å². The van der Waals surface area contributed by atoms with Gasteiger partial charge in [-0.3, -0.25) is 0 Å². The van der Waals surface area contributed by atoms with E-state index in [9.17, 15) is 13.2 Å². The summed E-state index contributed by atoms with van der Waals surface area (Å²) in [6.45, 7) is 3.98. The quantitative estimate of drug-likeness (QED) is 0.335. The monoisotopic (exact) mass is 445 g/mol. The average molecular weight is 446 g/mol. The lowest BCUT2D eigenvalue weighted by molar-refractivity contribution is -0.138. The molecule has 3 rings (SSSR count). The van der Waals surface area contributed by atoms with Crippen molar-refractivity contribution in [2.45, 2.75) is 18.2 Å². The third-order valence-corrected chi connectivity index (χ3v) is 6.72. The Balaban J connectivity index is 1.45. The van der Waals surface area contributed by atoms with E-state index in [0.29, 0.717) is 31.9 Å². The second kappa shape index (κ2) is 11.1. The van der Waals surface area contributed by atoms with Crippen LogP contribution in [0.3, 0.4) is 0 Å².